The van der Waals surface area contributed by atoms with Gasteiger partial charge in [-0.2, -0.15) is 0 Å². The van der Waals surface area contributed by atoms with Crippen molar-refractivity contribution >= 4 is 44.3 Å². The fourth-order valence-electron chi connectivity index (χ4n) is 1.94. The molecule has 0 atom stereocenters. The van der Waals surface area contributed by atoms with E-state index in [2.05, 4.69) is 41.2 Å². The summed E-state index contributed by atoms with van der Waals surface area (Å²) in [7, 11) is 3.84. The molecule has 3 heterocycles. The fraction of sp³-hybridized carbons (Fsp3) is 0.143. The van der Waals surface area contributed by atoms with E-state index in [9.17, 15) is 4.79 Å². The summed E-state index contributed by atoms with van der Waals surface area (Å²) in [4.78, 5) is 29.1. The molecule has 0 radical (unpaired) electrons. The van der Waals surface area contributed by atoms with E-state index in [0.29, 0.717) is 21.3 Å². The molecule has 0 aromatic carbocycles. The Hall–Kier alpha value is -2.48. The average molecular weight is 361 g/mol. The molecule has 0 saturated carbocycles. The molecule has 0 aliphatic rings. The standard InChI is InChI=1S/C14H13BrN6O/c1-21(2)11-5-8(3-4-16-11)19-14-18-6-9-12(20-14)10(15)7-17-13(9)22/h3-7H,1-2H3,(H,17,22)(H,16,18,19,20). The largest absolute Gasteiger partial charge is 0.363 e. The number of aromatic amines is 1. The number of rotatable bonds is 3. The highest BCUT2D eigenvalue weighted by Crippen LogP contribution is 2.21. The van der Waals surface area contributed by atoms with Crippen molar-refractivity contribution in [3.05, 3.63) is 45.5 Å². The Labute approximate surface area is 134 Å². The Morgan fingerprint density at radius 2 is 2.14 bits per heavy atom. The van der Waals surface area contributed by atoms with E-state index >= 15 is 0 Å². The molecule has 3 aromatic heterocycles. The van der Waals surface area contributed by atoms with Gasteiger partial charge in [0.15, 0.2) is 0 Å². The number of nitrogens with zero attached hydrogens (tertiary/aromatic N) is 4. The van der Waals surface area contributed by atoms with E-state index in [0.717, 1.165) is 11.5 Å². The van der Waals surface area contributed by atoms with Crippen LogP contribution in [0.4, 0.5) is 17.5 Å². The van der Waals surface area contributed by atoms with E-state index in [1.54, 1.807) is 12.4 Å². The van der Waals surface area contributed by atoms with Crippen molar-refractivity contribution in [1.29, 1.82) is 0 Å². The van der Waals surface area contributed by atoms with Crippen molar-refractivity contribution in [2.24, 2.45) is 0 Å². The summed E-state index contributed by atoms with van der Waals surface area (Å²) in [5.41, 5.74) is 1.16. The molecule has 3 rings (SSSR count). The summed E-state index contributed by atoms with van der Waals surface area (Å²) < 4.78 is 0.705. The molecular weight excluding hydrogens is 348 g/mol. The van der Waals surface area contributed by atoms with Gasteiger partial charge in [-0.3, -0.25) is 4.79 Å². The fourth-order valence-corrected chi connectivity index (χ4v) is 2.35. The average Bonchev–Trinajstić information content (AvgIpc) is 2.51. The van der Waals surface area contributed by atoms with Crippen LogP contribution in [-0.2, 0) is 0 Å². The van der Waals surface area contributed by atoms with Gasteiger partial charge >= 0.3 is 0 Å². The minimum atomic E-state index is -0.219. The molecule has 0 aliphatic heterocycles. The van der Waals surface area contributed by atoms with Gasteiger partial charge in [0.25, 0.3) is 5.56 Å². The predicted octanol–water partition coefficient (Wildman–Crippen LogP) is 2.29. The zero-order valence-corrected chi connectivity index (χ0v) is 13.5. The Morgan fingerprint density at radius 1 is 1.32 bits per heavy atom. The van der Waals surface area contributed by atoms with Crippen LogP contribution in [0.1, 0.15) is 0 Å². The lowest BCUT2D eigenvalue weighted by atomic mass is 10.3. The molecule has 0 spiro atoms. The number of hydrogen-bond acceptors (Lipinski definition) is 6. The van der Waals surface area contributed by atoms with Gasteiger partial charge in [-0.1, -0.05) is 0 Å². The van der Waals surface area contributed by atoms with Crippen LogP contribution in [0.2, 0.25) is 0 Å². The van der Waals surface area contributed by atoms with Gasteiger partial charge in [0.1, 0.15) is 5.82 Å². The van der Waals surface area contributed by atoms with Crippen LogP contribution >= 0.6 is 15.9 Å². The molecular formula is C14H13BrN6O. The van der Waals surface area contributed by atoms with Gasteiger partial charge < -0.3 is 15.2 Å². The minimum absolute atomic E-state index is 0.219. The van der Waals surface area contributed by atoms with Gasteiger partial charge in [0, 0.05) is 44.4 Å². The van der Waals surface area contributed by atoms with Gasteiger partial charge in [-0.05, 0) is 22.0 Å². The van der Waals surface area contributed by atoms with Crippen LogP contribution in [0, 0.1) is 0 Å². The Kier molecular flexibility index (Phi) is 3.76. The van der Waals surface area contributed by atoms with E-state index in [1.807, 2.05) is 31.1 Å². The van der Waals surface area contributed by atoms with Crippen LogP contribution in [-0.4, -0.2) is 34.0 Å². The topological polar surface area (TPSA) is 86.8 Å². The number of anilines is 3. The smallest absolute Gasteiger partial charge is 0.259 e. The first-order valence-corrected chi connectivity index (χ1v) is 7.28. The monoisotopic (exact) mass is 360 g/mol. The maximum atomic E-state index is 11.7. The highest BCUT2D eigenvalue weighted by molar-refractivity contribution is 9.10. The number of aromatic nitrogens is 4. The van der Waals surface area contributed by atoms with Gasteiger partial charge in [-0.25, -0.2) is 15.0 Å². The highest BCUT2D eigenvalue weighted by atomic mass is 79.9. The molecule has 0 amide bonds. The Morgan fingerprint density at radius 3 is 2.91 bits per heavy atom. The van der Waals surface area contributed by atoms with Gasteiger partial charge in [0.2, 0.25) is 5.95 Å². The molecule has 7 nitrogen and oxygen atoms in total. The normalized spacial score (nSPS) is 10.7. The van der Waals surface area contributed by atoms with Crippen LogP contribution in [0.5, 0.6) is 0 Å². The van der Waals surface area contributed by atoms with E-state index in [1.165, 1.54) is 6.20 Å². The third-order valence-electron chi connectivity index (χ3n) is 3.05. The number of halogens is 1. The number of fused-ring (bicyclic) bond motifs is 1. The van der Waals surface area contributed by atoms with Crippen LogP contribution < -0.4 is 15.8 Å². The summed E-state index contributed by atoms with van der Waals surface area (Å²) >= 11 is 3.38. The van der Waals surface area contributed by atoms with Gasteiger partial charge in [-0.15, -0.1) is 0 Å². The SMILES string of the molecule is CN(C)c1cc(Nc2ncc3c(=O)[nH]cc(Br)c3n2)ccn1. The van der Waals surface area contributed by atoms with Crippen molar-refractivity contribution in [2.75, 3.05) is 24.3 Å². The lowest BCUT2D eigenvalue weighted by Crippen LogP contribution is -2.11. The molecule has 3 aromatic rings. The first-order valence-electron chi connectivity index (χ1n) is 6.49. The molecule has 0 saturated heterocycles. The van der Waals surface area contributed by atoms with E-state index in [4.69, 9.17) is 0 Å². The van der Waals surface area contributed by atoms with Crippen molar-refractivity contribution in [2.45, 2.75) is 0 Å². The molecule has 0 aliphatic carbocycles. The number of nitrogens with one attached hydrogen (secondary N) is 2. The molecule has 0 fully saturated rings. The second-order valence-electron chi connectivity index (χ2n) is 4.84. The van der Waals surface area contributed by atoms with Crippen molar-refractivity contribution in [3.63, 3.8) is 0 Å². The van der Waals surface area contributed by atoms with Crippen LogP contribution in [0.3, 0.4) is 0 Å². The van der Waals surface area contributed by atoms with Crippen molar-refractivity contribution < 1.29 is 0 Å². The Bertz CT molecular complexity index is 892. The zero-order valence-electron chi connectivity index (χ0n) is 12.0. The number of hydrogen-bond donors (Lipinski definition) is 2. The summed E-state index contributed by atoms with van der Waals surface area (Å²) in [6.45, 7) is 0. The third kappa shape index (κ3) is 2.77. The second-order valence-corrected chi connectivity index (χ2v) is 5.70. The maximum Gasteiger partial charge on any atom is 0.259 e. The van der Waals surface area contributed by atoms with Crippen molar-refractivity contribution in [3.8, 4) is 0 Å². The summed E-state index contributed by atoms with van der Waals surface area (Å²) in [6.07, 6.45) is 4.78. The molecule has 112 valence electrons. The van der Waals surface area contributed by atoms with E-state index in [-0.39, 0.29) is 5.56 Å². The quantitative estimate of drug-likeness (QED) is 0.744. The number of pyridine rings is 2. The van der Waals surface area contributed by atoms with Gasteiger partial charge in [0.05, 0.1) is 15.4 Å². The van der Waals surface area contributed by atoms with Crippen molar-refractivity contribution in [1.82, 2.24) is 19.9 Å². The van der Waals surface area contributed by atoms with E-state index < -0.39 is 0 Å². The lowest BCUT2D eigenvalue weighted by molar-refractivity contribution is 1.07. The number of H-pyrrole nitrogens is 1. The summed E-state index contributed by atoms with van der Waals surface area (Å²) in [6, 6.07) is 3.72. The Balaban J connectivity index is 1.99. The highest BCUT2D eigenvalue weighted by Gasteiger charge is 2.07. The maximum absolute atomic E-state index is 11.7. The molecule has 22 heavy (non-hydrogen) atoms. The summed E-state index contributed by atoms with van der Waals surface area (Å²) in [5, 5.41) is 3.55. The van der Waals surface area contributed by atoms with Crippen LogP contribution in [0.25, 0.3) is 10.9 Å². The minimum Gasteiger partial charge on any atom is -0.363 e. The van der Waals surface area contributed by atoms with Crippen LogP contribution in [0.15, 0.2) is 40.0 Å². The lowest BCUT2D eigenvalue weighted by Gasteiger charge is -2.12. The molecule has 0 unspecified atom stereocenters. The molecule has 2 N–H and O–H groups in total. The molecule has 0 bridgehead atoms. The second kappa shape index (κ2) is 5.72. The zero-order chi connectivity index (χ0) is 15.7. The predicted molar refractivity (Wildman–Crippen MR) is 89.7 cm³/mol. The molecule has 8 heteroatoms. The first kappa shape index (κ1) is 14.5. The first-order chi connectivity index (χ1) is 10.5. The third-order valence-corrected chi connectivity index (χ3v) is 3.65. The summed E-state index contributed by atoms with van der Waals surface area (Å²) in [5.74, 6) is 1.23.